The van der Waals surface area contributed by atoms with E-state index in [4.69, 9.17) is 16.3 Å². The van der Waals surface area contributed by atoms with E-state index in [0.29, 0.717) is 49.1 Å². The van der Waals surface area contributed by atoms with E-state index >= 15 is 0 Å². The van der Waals surface area contributed by atoms with Crippen LogP contribution >= 0.6 is 11.6 Å². The Balaban J connectivity index is 1.47. The van der Waals surface area contributed by atoms with Crippen LogP contribution in [-0.4, -0.2) is 49.6 Å². The predicted octanol–water partition coefficient (Wildman–Crippen LogP) is 5.94. The van der Waals surface area contributed by atoms with Gasteiger partial charge in [0.15, 0.2) is 5.69 Å². The lowest BCUT2D eigenvalue weighted by Crippen LogP contribution is -2.40. The highest BCUT2D eigenvalue weighted by molar-refractivity contribution is 6.31. The van der Waals surface area contributed by atoms with E-state index in [2.05, 4.69) is 20.6 Å². The number of ether oxygens (including phenoxy) is 1. The van der Waals surface area contributed by atoms with Crippen LogP contribution in [0, 0.1) is 5.92 Å². The summed E-state index contributed by atoms with van der Waals surface area (Å²) in [5.74, 6) is -0.616. The fourth-order valence-corrected chi connectivity index (χ4v) is 5.98. The second-order valence-corrected chi connectivity index (χ2v) is 12.1. The van der Waals surface area contributed by atoms with Gasteiger partial charge in [-0.3, -0.25) is 19.0 Å². The first-order valence-corrected chi connectivity index (χ1v) is 15.6. The molecular formula is C33H34ClF3N6O4. The molecule has 10 nitrogen and oxygen atoms in total. The maximum Gasteiger partial charge on any atom is 0.436 e. The first-order chi connectivity index (χ1) is 22.4. The van der Waals surface area contributed by atoms with Crippen LogP contribution in [0.5, 0.6) is 0 Å². The zero-order valence-corrected chi connectivity index (χ0v) is 26.6. The number of alkyl halides is 3. The minimum atomic E-state index is -4.68. The van der Waals surface area contributed by atoms with Crippen LogP contribution in [0.15, 0.2) is 65.8 Å². The Bertz CT molecular complexity index is 1810. The van der Waals surface area contributed by atoms with Crippen molar-refractivity contribution in [2.24, 2.45) is 5.92 Å². The molecule has 0 fully saturated rings. The van der Waals surface area contributed by atoms with Gasteiger partial charge < -0.3 is 10.1 Å². The number of carbonyl (C=O) groups excluding carboxylic acids is 2. The minimum absolute atomic E-state index is 0.0587. The number of hydrogen-bond donors (Lipinski definition) is 1. The molecule has 0 unspecified atom stereocenters. The van der Waals surface area contributed by atoms with Crippen LogP contribution in [0.25, 0.3) is 16.9 Å². The van der Waals surface area contributed by atoms with Crippen molar-refractivity contribution in [3.63, 3.8) is 0 Å². The van der Waals surface area contributed by atoms with Crippen molar-refractivity contribution >= 4 is 23.5 Å². The molecule has 14 heteroatoms. The van der Waals surface area contributed by atoms with Gasteiger partial charge in [0.2, 0.25) is 5.91 Å². The van der Waals surface area contributed by atoms with Gasteiger partial charge in [-0.1, -0.05) is 54.4 Å². The molecule has 2 aromatic heterocycles. The third-order valence-corrected chi connectivity index (χ3v) is 8.56. The number of nitrogens with zero attached hydrogens (tertiary/aromatic N) is 5. The zero-order valence-electron chi connectivity index (χ0n) is 25.8. The van der Waals surface area contributed by atoms with Gasteiger partial charge in [-0.15, -0.1) is 5.10 Å². The van der Waals surface area contributed by atoms with Gasteiger partial charge in [-0.25, -0.2) is 9.67 Å². The van der Waals surface area contributed by atoms with Crippen LogP contribution < -0.4 is 10.9 Å². The molecule has 1 aliphatic heterocycles. The van der Waals surface area contributed by atoms with E-state index in [9.17, 15) is 27.6 Å². The van der Waals surface area contributed by atoms with Crippen molar-refractivity contribution in [3.8, 4) is 16.9 Å². The Hall–Kier alpha value is -4.52. The van der Waals surface area contributed by atoms with Crippen molar-refractivity contribution in [1.29, 1.82) is 0 Å². The number of fused-ring (bicyclic) bond motifs is 2. The van der Waals surface area contributed by atoms with Crippen molar-refractivity contribution in [2.75, 3.05) is 7.11 Å². The third kappa shape index (κ3) is 8.26. The fourth-order valence-electron chi connectivity index (χ4n) is 5.81. The lowest BCUT2D eigenvalue weighted by molar-refractivity contribution is -0.141. The standard InChI is InChI=1S/C33H34ClF3N6O4/c1-20-6-3-10-27(22-8-4-7-21(14-22)15-24(39-32(20)46)9-5-11-31(45)47-2)42-19-38-26(17-30(42)44)25-16-23(34)12-13-28(25)43-18-29(40-41-43)33(35,36)37/h4,7-8,12-14,16-20,24,27H,3,5-6,9-11,15H2,1-2H3,(H,39,46)/t20-,24+,27+/m1/s1. The fraction of sp³-hybridized carbons (Fsp3) is 0.394. The van der Waals surface area contributed by atoms with Crippen molar-refractivity contribution in [1.82, 2.24) is 29.9 Å². The van der Waals surface area contributed by atoms with E-state index in [1.54, 1.807) is 0 Å². The van der Waals surface area contributed by atoms with Gasteiger partial charge in [0.25, 0.3) is 5.56 Å². The molecule has 0 radical (unpaired) electrons. The number of esters is 1. The van der Waals surface area contributed by atoms with Crippen molar-refractivity contribution < 1.29 is 27.5 Å². The van der Waals surface area contributed by atoms with E-state index in [-0.39, 0.29) is 53.2 Å². The number of amides is 1. The van der Waals surface area contributed by atoms with Crippen LogP contribution in [0.3, 0.4) is 0 Å². The van der Waals surface area contributed by atoms with Crippen LogP contribution in [0.1, 0.15) is 68.3 Å². The highest BCUT2D eigenvalue weighted by Gasteiger charge is 2.35. The smallest absolute Gasteiger partial charge is 0.436 e. The molecule has 4 aromatic rings. The summed E-state index contributed by atoms with van der Waals surface area (Å²) in [6.07, 6.45) is 1.29. The zero-order chi connectivity index (χ0) is 33.7. The summed E-state index contributed by atoms with van der Waals surface area (Å²) < 4.78 is 46.9. The number of methoxy groups -OCH3 is 1. The quantitative estimate of drug-likeness (QED) is 0.242. The molecule has 1 N–H and O–H groups in total. The van der Waals surface area contributed by atoms with Crippen LogP contribution in [0.4, 0.5) is 13.2 Å². The topological polar surface area (TPSA) is 121 Å². The molecule has 0 saturated carbocycles. The maximum atomic E-state index is 13.7. The van der Waals surface area contributed by atoms with Gasteiger partial charge in [-0.05, 0) is 61.4 Å². The van der Waals surface area contributed by atoms with Gasteiger partial charge >= 0.3 is 12.1 Å². The molecule has 3 heterocycles. The van der Waals surface area contributed by atoms with E-state index in [0.717, 1.165) is 22.0 Å². The summed E-state index contributed by atoms with van der Waals surface area (Å²) in [6.45, 7) is 1.87. The average Bonchev–Trinajstić information content (AvgIpc) is 3.54. The summed E-state index contributed by atoms with van der Waals surface area (Å²) >= 11 is 6.25. The molecule has 248 valence electrons. The maximum absolute atomic E-state index is 13.7. The molecule has 47 heavy (non-hydrogen) atoms. The Morgan fingerprint density at radius 3 is 2.66 bits per heavy atom. The number of aromatic nitrogens is 5. The molecule has 0 aliphatic carbocycles. The summed E-state index contributed by atoms with van der Waals surface area (Å²) in [5, 5.41) is 10.3. The van der Waals surface area contributed by atoms with Crippen LogP contribution in [0.2, 0.25) is 5.02 Å². The lowest BCUT2D eigenvalue weighted by Gasteiger charge is -2.25. The average molecular weight is 671 g/mol. The Labute approximate surface area is 273 Å². The van der Waals surface area contributed by atoms with Crippen LogP contribution in [-0.2, 0) is 26.9 Å². The highest BCUT2D eigenvalue weighted by atomic mass is 35.5. The second-order valence-electron chi connectivity index (χ2n) is 11.7. The Morgan fingerprint density at radius 2 is 1.94 bits per heavy atom. The third-order valence-electron chi connectivity index (χ3n) is 8.32. The predicted molar refractivity (Wildman–Crippen MR) is 168 cm³/mol. The first-order valence-electron chi connectivity index (χ1n) is 15.3. The van der Waals surface area contributed by atoms with Gasteiger partial charge in [-0.2, -0.15) is 13.2 Å². The number of rotatable bonds is 7. The van der Waals surface area contributed by atoms with E-state index in [1.807, 2.05) is 31.2 Å². The molecular weight excluding hydrogens is 637 g/mol. The molecule has 2 aromatic carbocycles. The molecule has 2 bridgehead atoms. The van der Waals surface area contributed by atoms with Gasteiger partial charge in [0.1, 0.15) is 0 Å². The highest BCUT2D eigenvalue weighted by Crippen LogP contribution is 2.32. The number of benzene rings is 2. The normalized spacial score (nSPS) is 18.9. The second kappa shape index (κ2) is 14.5. The molecule has 3 atom stereocenters. The summed E-state index contributed by atoms with van der Waals surface area (Å²) in [7, 11) is 1.35. The molecule has 1 amide bonds. The van der Waals surface area contributed by atoms with E-state index in [1.165, 1.54) is 42.3 Å². The summed E-state index contributed by atoms with van der Waals surface area (Å²) in [5.41, 5.74) is 1.06. The van der Waals surface area contributed by atoms with Crippen molar-refractivity contribution in [3.05, 3.63) is 93.3 Å². The molecule has 0 spiro atoms. The minimum Gasteiger partial charge on any atom is -0.469 e. The van der Waals surface area contributed by atoms with E-state index < -0.39 is 11.9 Å². The number of hydrogen-bond acceptors (Lipinski definition) is 7. The van der Waals surface area contributed by atoms with Crippen molar-refractivity contribution in [2.45, 2.75) is 70.1 Å². The molecule has 5 rings (SSSR count). The first kappa shape index (κ1) is 33.8. The lowest BCUT2D eigenvalue weighted by atomic mass is 9.92. The van der Waals surface area contributed by atoms with Gasteiger partial charge in [0, 0.05) is 35.0 Å². The van der Waals surface area contributed by atoms with Gasteiger partial charge in [0.05, 0.1) is 37.1 Å². The number of nitrogens with one attached hydrogen (secondary N) is 1. The summed E-state index contributed by atoms with van der Waals surface area (Å²) in [4.78, 5) is 43.0. The summed E-state index contributed by atoms with van der Waals surface area (Å²) in [6, 6.07) is 13.1. The number of halogens is 4. The Kier molecular flexibility index (Phi) is 10.4. The number of carbonyl (C=O) groups is 2. The molecule has 0 saturated heterocycles. The SMILES string of the molecule is COC(=O)CCC[C@H]1Cc2cccc(c2)[C@@H](n2cnc(-c3cc(Cl)ccc3-n3cc(C(F)(F)F)nn3)cc2=O)CCC[C@@H](C)C(=O)N1. The largest absolute Gasteiger partial charge is 0.469 e. The monoisotopic (exact) mass is 670 g/mol. The Morgan fingerprint density at radius 1 is 1.13 bits per heavy atom. The molecule has 1 aliphatic rings.